The molecule has 0 saturated heterocycles. The highest BCUT2D eigenvalue weighted by Gasteiger charge is 2.33. The molecule has 1 fully saturated rings. The van der Waals surface area contributed by atoms with Crippen molar-refractivity contribution >= 4 is 11.6 Å². The Morgan fingerprint density at radius 2 is 2.16 bits per heavy atom. The topological polar surface area (TPSA) is 59.3 Å². The third kappa shape index (κ3) is 5.21. The molecule has 0 radical (unpaired) electrons. The molecule has 0 aliphatic heterocycles. The molecule has 0 amide bonds. The molecule has 0 bridgehead atoms. The first-order chi connectivity index (χ1) is 12.2. The number of nitrogens with zero attached hydrogens (tertiary/aromatic N) is 2. The van der Waals surface area contributed by atoms with Crippen LogP contribution in [0.2, 0.25) is 5.02 Å². The Labute approximate surface area is 154 Å². The molecular weight excluding hydrogens is 338 g/mol. The minimum absolute atomic E-state index is 0.0782. The van der Waals surface area contributed by atoms with E-state index in [1.54, 1.807) is 6.20 Å². The third-order valence-corrected chi connectivity index (χ3v) is 5.03. The number of aliphatic hydroxyl groups excluding tert-OH is 1. The summed E-state index contributed by atoms with van der Waals surface area (Å²) in [6.07, 6.45) is 9.92. The average molecular weight is 364 g/mol. The lowest BCUT2D eigenvalue weighted by Gasteiger charge is -2.35. The van der Waals surface area contributed by atoms with Gasteiger partial charge in [0.05, 0.1) is 11.3 Å². The van der Waals surface area contributed by atoms with Crippen LogP contribution < -0.4 is 10.1 Å². The minimum Gasteiger partial charge on any atom is -0.486 e. The number of aromatic nitrogens is 2. The van der Waals surface area contributed by atoms with Crippen LogP contribution in [0.4, 0.5) is 0 Å². The lowest BCUT2D eigenvalue weighted by molar-refractivity contribution is -0.0152. The van der Waals surface area contributed by atoms with E-state index in [0.717, 1.165) is 45.2 Å². The monoisotopic (exact) mass is 363 g/mol. The SMILES string of the molecule is O[C@@H]1[C@@H](NCCCCn2ccnc2)CCC[C@H]1Oc1ccccc1Cl. The number of nitrogens with one attached hydrogen (secondary N) is 1. The van der Waals surface area contributed by atoms with Crippen LogP contribution in [-0.2, 0) is 6.54 Å². The van der Waals surface area contributed by atoms with Gasteiger partial charge in [-0.15, -0.1) is 0 Å². The van der Waals surface area contributed by atoms with Crippen LogP contribution in [0.5, 0.6) is 5.75 Å². The van der Waals surface area contributed by atoms with Crippen molar-refractivity contribution in [1.82, 2.24) is 14.9 Å². The summed E-state index contributed by atoms with van der Waals surface area (Å²) in [6.45, 7) is 1.88. The lowest BCUT2D eigenvalue weighted by atomic mass is 9.89. The van der Waals surface area contributed by atoms with E-state index in [2.05, 4.69) is 14.9 Å². The molecule has 1 saturated carbocycles. The third-order valence-electron chi connectivity index (χ3n) is 4.72. The largest absolute Gasteiger partial charge is 0.486 e. The molecule has 3 atom stereocenters. The Balaban J connectivity index is 1.42. The van der Waals surface area contributed by atoms with Gasteiger partial charge in [-0.1, -0.05) is 23.7 Å². The van der Waals surface area contributed by atoms with Crippen molar-refractivity contribution in [3.05, 3.63) is 48.0 Å². The molecule has 1 aromatic heterocycles. The molecule has 0 unspecified atom stereocenters. The van der Waals surface area contributed by atoms with E-state index in [1.165, 1.54) is 0 Å². The standard InChI is InChI=1S/C19H26ClN3O2/c20-15-6-1-2-8-17(15)25-18-9-5-7-16(19(18)24)22-10-3-4-12-23-13-11-21-14-23/h1-2,6,8,11,13-14,16,18-19,22,24H,3-5,7,9-10,12H2/t16-,18+,19+/m0/s1. The maximum Gasteiger partial charge on any atom is 0.138 e. The van der Waals surface area contributed by atoms with Crippen molar-refractivity contribution in [2.75, 3.05) is 6.54 Å². The zero-order valence-corrected chi connectivity index (χ0v) is 15.1. The van der Waals surface area contributed by atoms with Crippen molar-refractivity contribution < 1.29 is 9.84 Å². The van der Waals surface area contributed by atoms with Gasteiger partial charge in [0, 0.05) is 25.0 Å². The highest BCUT2D eigenvalue weighted by atomic mass is 35.5. The first-order valence-corrected chi connectivity index (χ1v) is 9.40. The van der Waals surface area contributed by atoms with Crippen molar-refractivity contribution in [3.8, 4) is 5.75 Å². The van der Waals surface area contributed by atoms with E-state index in [9.17, 15) is 5.11 Å². The van der Waals surface area contributed by atoms with E-state index >= 15 is 0 Å². The number of para-hydroxylation sites is 1. The summed E-state index contributed by atoms with van der Waals surface area (Å²) >= 11 is 6.16. The molecule has 6 heteroatoms. The Morgan fingerprint density at radius 1 is 1.28 bits per heavy atom. The van der Waals surface area contributed by atoms with Crippen molar-refractivity contribution in [2.45, 2.75) is 56.9 Å². The highest BCUT2D eigenvalue weighted by Crippen LogP contribution is 2.29. The van der Waals surface area contributed by atoms with Crippen LogP contribution in [0.1, 0.15) is 32.1 Å². The summed E-state index contributed by atoms with van der Waals surface area (Å²) in [5, 5.41) is 14.7. The summed E-state index contributed by atoms with van der Waals surface area (Å²) in [5.74, 6) is 0.647. The first-order valence-electron chi connectivity index (χ1n) is 9.02. The van der Waals surface area contributed by atoms with E-state index in [0.29, 0.717) is 10.8 Å². The fraction of sp³-hybridized carbons (Fsp3) is 0.526. The van der Waals surface area contributed by atoms with Gasteiger partial charge in [0.25, 0.3) is 0 Å². The minimum atomic E-state index is -0.515. The Hall–Kier alpha value is -1.56. The molecule has 2 aromatic rings. The highest BCUT2D eigenvalue weighted by molar-refractivity contribution is 6.32. The number of rotatable bonds is 8. The van der Waals surface area contributed by atoms with Crippen molar-refractivity contribution in [3.63, 3.8) is 0 Å². The summed E-state index contributed by atoms with van der Waals surface area (Å²) in [7, 11) is 0. The Morgan fingerprint density at radius 3 is 2.96 bits per heavy atom. The van der Waals surface area contributed by atoms with Crippen LogP contribution in [0, 0.1) is 0 Å². The maximum absolute atomic E-state index is 10.6. The van der Waals surface area contributed by atoms with Gasteiger partial charge in [-0.2, -0.15) is 0 Å². The predicted octanol–water partition coefficient (Wildman–Crippen LogP) is 3.27. The van der Waals surface area contributed by atoms with Gasteiger partial charge in [-0.25, -0.2) is 4.98 Å². The summed E-state index contributed by atoms with van der Waals surface area (Å²) < 4.78 is 8.06. The van der Waals surface area contributed by atoms with Crippen molar-refractivity contribution in [2.24, 2.45) is 0 Å². The number of benzene rings is 1. The first kappa shape index (κ1) is 18.2. The number of halogens is 1. The average Bonchev–Trinajstić information content (AvgIpc) is 3.13. The summed E-state index contributed by atoms with van der Waals surface area (Å²) in [6, 6.07) is 7.51. The maximum atomic E-state index is 10.6. The zero-order valence-electron chi connectivity index (χ0n) is 14.4. The molecular formula is C19H26ClN3O2. The predicted molar refractivity (Wildman–Crippen MR) is 99.0 cm³/mol. The van der Waals surface area contributed by atoms with E-state index in [4.69, 9.17) is 16.3 Å². The number of hydrogen-bond acceptors (Lipinski definition) is 4. The molecule has 5 nitrogen and oxygen atoms in total. The number of aliphatic hydroxyl groups is 1. The van der Waals surface area contributed by atoms with Crippen LogP contribution in [0.3, 0.4) is 0 Å². The molecule has 25 heavy (non-hydrogen) atoms. The van der Waals surface area contributed by atoms with Crippen LogP contribution in [-0.4, -0.2) is 39.5 Å². The second-order valence-corrected chi connectivity index (χ2v) is 6.98. The van der Waals surface area contributed by atoms with Crippen molar-refractivity contribution in [1.29, 1.82) is 0 Å². The number of imidazole rings is 1. The fourth-order valence-corrected chi connectivity index (χ4v) is 3.50. The molecule has 136 valence electrons. The number of hydrogen-bond donors (Lipinski definition) is 2. The summed E-state index contributed by atoms with van der Waals surface area (Å²) in [5.41, 5.74) is 0. The van der Waals surface area contributed by atoms with E-state index in [1.807, 2.05) is 36.8 Å². The van der Waals surface area contributed by atoms with Gasteiger partial charge in [0.1, 0.15) is 18.0 Å². The van der Waals surface area contributed by atoms with Gasteiger partial charge in [0.15, 0.2) is 0 Å². The molecule has 0 spiro atoms. The quantitative estimate of drug-likeness (QED) is 0.707. The summed E-state index contributed by atoms with van der Waals surface area (Å²) in [4.78, 5) is 4.04. The molecule has 1 aliphatic rings. The smallest absolute Gasteiger partial charge is 0.138 e. The van der Waals surface area contributed by atoms with Gasteiger partial charge in [0.2, 0.25) is 0 Å². The van der Waals surface area contributed by atoms with Crippen LogP contribution in [0.25, 0.3) is 0 Å². The zero-order chi connectivity index (χ0) is 17.5. The second-order valence-electron chi connectivity index (χ2n) is 6.58. The Bertz CT molecular complexity index is 635. The number of aryl methyl sites for hydroxylation is 1. The van der Waals surface area contributed by atoms with E-state index in [-0.39, 0.29) is 12.1 Å². The molecule has 1 heterocycles. The molecule has 2 N–H and O–H groups in total. The van der Waals surface area contributed by atoms with E-state index < -0.39 is 6.10 Å². The number of ether oxygens (including phenoxy) is 1. The van der Waals surface area contributed by atoms with Gasteiger partial charge in [-0.05, 0) is 50.8 Å². The van der Waals surface area contributed by atoms with Gasteiger partial charge >= 0.3 is 0 Å². The van der Waals surface area contributed by atoms with Gasteiger partial charge < -0.3 is 19.7 Å². The molecule has 3 rings (SSSR count). The van der Waals surface area contributed by atoms with Crippen LogP contribution in [0.15, 0.2) is 43.0 Å². The molecule has 1 aromatic carbocycles. The normalized spacial score (nSPS) is 23.5. The number of unbranched alkanes of at least 4 members (excludes halogenated alkanes) is 1. The van der Waals surface area contributed by atoms with Gasteiger partial charge in [-0.3, -0.25) is 0 Å². The lowest BCUT2D eigenvalue weighted by Crippen LogP contribution is -2.51. The van der Waals surface area contributed by atoms with Crippen LogP contribution >= 0.6 is 11.6 Å². The second kappa shape index (κ2) is 9.22. The fourth-order valence-electron chi connectivity index (χ4n) is 3.32. The molecule has 1 aliphatic carbocycles. The Kier molecular flexibility index (Phi) is 6.73.